The first kappa shape index (κ1) is 30.6. The van der Waals surface area contributed by atoms with E-state index in [1.165, 1.54) is 16.7 Å². The molecule has 1 fully saturated rings. The minimum atomic E-state index is -4.42. The highest BCUT2D eigenvalue weighted by Gasteiger charge is 2.30. The van der Waals surface area contributed by atoms with Gasteiger partial charge in [0.1, 0.15) is 0 Å². The van der Waals surface area contributed by atoms with E-state index in [4.69, 9.17) is 33.3 Å². The Morgan fingerprint density at radius 1 is 0.884 bits per heavy atom. The third kappa shape index (κ3) is 7.04. The number of piperazine rings is 1. The highest BCUT2D eigenvalue weighted by Crippen LogP contribution is 2.32. The summed E-state index contributed by atoms with van der Waals surface area (Å²) in [5.74, 6) is 0.437. The molecule has 1 aliphatic rings. The number of hydrogen-bond acceptors (Lipinski definition) is 6. The molecule has 12 heteroatoms. The highest BCUT2D eigenvalue weighted by atomic mass is 35.5. The molecule has 7 nitrogen and oxygen atoms in total. The standard InChI is InChI=1S/C31H29Cl2F3N6O/c1-39-15-17-41(18-16-39)30-37-28(23-7-13-26(33)14-8-23)27(22-5-11-25(32)12-6-22)29(42(30)20-43)38-40(2)19-21-3-9-24(10-4-21)31(34,35)36/h3-14,20H,15-19H2,1-2H3/b38-29-. The average molecular weight is 630 g/mol. The van der Waals surface area contributed by atoms with E-state index in [2.05, 4.69) is 4.90 Å². The first-order valence-electron chi connectivity index (χ1n) is 13.5. The molecule has 224 valence electrons. The predicted molar refractivity (Wildman–Crippen MR) is 163 cm³/mol. The molecule has 0 saturated carbocycles. The first-order chi connectivity index (χ1) is 20.5. The molecule has 0 radical (unpaired) electrons. The lowest BCUT2D eigenvalue weighted by molar-refractivity contribution is -0.137. The van der Waals surface area contributed by atoms with Crippen LogP contribution in [0.3, 0.4) is 0 Å². The van der Waals surface area contributed by atoms with E-state index in [9.17, 15) is 18.0 Å². The highest BCUT2D eigenvalue weighted by molar-refractivity contribution is 6.31. The molecule has 0 aliphatic carbocycles. The van der Waals surface area contributed by atoms with Crippen molar-refractivity contribution in [2.45, 2.75) is 12.7 Å². The van der Waals surface area contributed by atoms with E-state index in [-0.39, 0.29) is 6.54 Å². The van der Waals surface area contributed by atoms with Crippen LogP contribution in [0.1, 0.15) is 11.1 Å². The summed E-state index contributed by atoms with van der Waals surface area (Å²) in [6.07, 6.45) is -3.73. The molecule has 1 saturated heterocycles. The average Bonchev–Trinajstić information content (AvgIpc) is 2.98. The van der Waals surface area contributed by atoms with Crippen molar-refractivity contribution >= 4 is 35.6 Å². The summed E-state index contributed by atoms with van der Waals surface area (Å²) in [7, 11) is 3.74. The quantitative estimate of drug-likeness (QED) is 0.178. The fourth-order valence-corrected chi connectivity index (χ4v) is 5.17. The molecule has 0 atom stereocenters. The van der Waals surface area contributed by atoms with Gasteiger partial charge < -0.3 is 9.80 Å². The molecular weight excluding hydrogens is 600 g/mol. The lowest BCUT2D eigenvalue weighted by Gasteiger charge is -2.34. The Balaban J connectivity index is 1.72. The van der Waals surface area contributed by atoms with Gasteiger partial charge >= 0.3 is 6.18 Å². The summed E-state index contributed by atoms with van der Waals surface area (Å²) in [5, 5.41) is 7.58. The molecule has 3 aromatic carbocycles. The monoisotopic (exact) mass is 628 g/mol. The van der Waals surface area contributed by atoms with Crippen molar-refractivity contribution in [1.82, 2.24) is 19.5 Å². The number of halogens is 5. The Bertz CT molecular complexity index is 1650. The van der Waals surface area contributed by atoms with Crippen LogP contribution >= 0.6 is 23.2 Å². The van der Waals surface area contributed by atoms with Crippen molar-refractivity contribution in [2.75, 3.05) is 45.2 Å². The molecule has 5 rings (SSSR count). The minimum absolute atomic E-state index is 0.194. The number of hydrogen-bond donors (Lipinski definition) is 0. The van der Waals surface area contributed by atoms with Crippen molar-refractivity contribution in [3.8, 4) is 22.4 Å². The lowest BCUT2D eigenvalue weighted by Crippen LogP contribution is -2.47. The van der Waals surface area contributed by atoms with Crippen molar-refractivity contribution in [3.63, 3.8) is 0 Å². The Morgan fingerprint density at radius 3 is 1.98 bits per heavy atom. The summed E-state index contributed by atoms with van der Waals surface area (Å²) in [4.78, 5) is 22.1. The molecular formula is C31H29Cl2F3N6O. The van der Waals surface area contributed by atoms with Gasteiger partial charge in [-0.05, 0) is 54.6 Å². The van der Waals surface area contributed by atoms with Crippen molar-refractivity contribution < 1.29 is 18.0 Å². The maximum absolute atomic E-state index is 13.1. The molecule has 1 aliphatic heterocycles. The van der Waals surface area contributed by atoms with Crippen LogP contribution < -0.4 is 10.4 Å². The van der Waals surface area contributed by atoms with Gasteiger partial charge in [0.2, 0.25) is 12.4 Å². The topological polar surface area (TPSA) is 57.0 Å². The number of rotatable bonds is 7. The Labute approximate surface area is 257 Å². The van der Waals surface area contributed by atoms with E-state index in [1.807, 2.05) is 36.2 Å². The van der Waals surface area contributed by atoms with Gasteiger partial charge in [0, 0.05) is 48.8 Å². The Hall–Kier alpha value is -3.86. The number of carbonyl (C=O) groups is 1. The predicted octanol–water partition coefficient (Wildman–Crippen LogP) is 6.28. The second kappa shape index (κ2) is 12.8. The van der Waals surface area contributed by atoms with Crippen LogP contribution in [0.5, 0.6) is 0 Å². The lowest BCUT2D eigenvalue weighted by atomic mass is 10.00. The van der Waals surface area contributed by atoms with Crippen molar-refractivity contribution in [2.24, 2.45) is 5.10 Å². The van der Waals surface area contributed by atoms with Gasteiger partial charge in [-0.3, -0.25) is 9.80 Å². The smallest absolute Gasteiger partial charge is 0.339 e. The maximum Gasteiger partial charge on any atom is 0.416 e. The molecule has 2 heterocycles. The van der Waals surface area contributed by atoms with Crippen LogP contribution in [0, 0.1) is 0 Å². The summed E-state index contributed by atoms with van der Waals surface area (Å²) < 4.78 is 40.7. The van der Waals surface area contributed by atoms with Crippen LogP contribution in [0.25, 0.3) is 22.4 Å². The van der Waals surface area contributed by atoms with Gasteiger partial charge in [-0.15, -0.1) is 0 Å². The number of aromatic nitrogens is 2. The van der Waals surface area contributed by atoms with Crippen molar-refractivity contribution in [3.05, 3.63) is 99.5 Å². The number of benzene rings is 3. The van der Waals surface area contributed by atoms with E-state index in [0.29, 0.717) is 57.8 Å². The molecule has 4 aromatic rings. The Kier molecular flexibility index (Phi) is 9.10. The van der Waals surface area contributed by atoms with Crippen molar-refractivity contribution in [1.29, 1.82) is 0 Å². The largest absolute Gasteiger partial charge is 0.416 e. The molecule has 43 heavy (non-hydrogen) atoms. The summed E-state index contributed by atoms with van der Waals surface area (Å²) in [6.45, 7) is 3.07. The Morgan fingerprint density at radius 2 is 1.44 bits per heavy atom. The molecule has 0 bridgehead atoms. The summed E-state index contributed by atoms with van der Waals surface area (Å²) in [6, 6.07) is 19.4. The van der Waals surface area contributed by atoms with Crippen LogP contribution in [-0.4, -0.2) is 66.1 Å². The fourth-order valence-electron chi connectivity index (χ4n) is 4.92. The van der Waals surface area contributed by atoms with Crippen LogP contribution in [0.2, 0.25) is 10.0 Å². The molecule has 0 amide bonds. The maximum atomic E-state index is 13.1. The normalized spacial score (nSPS) is 14.7. The second-order valence-corrected chi connectivity index (χ2v) is 11.2. The van der Waals surface area contributed by atoms with Crippen LogP contribution in [0.15, 0.2) is 77.9 Å². The fraction of sp³-hybridized carbons (Fsp3) is 0.258. The van der Waals surface area contributed by atoms with E-state index in [0.717, 1.165) is 36.3 Å². The van der Waals surface area contributed by atoms with E-state index >= 15 is 0 Å². The summed E-state index contributed by atoms with van der Waals surface area (Å²) in [5.41, 5.74) is 2.89. The van der Waals surface area contributed by atoms with Gasteiger partial charge in [0.05, 0.1) is 23.4 Å². The number of likely N-dealkylation sites (N-methyl/N-ethyl adjacent to an activating group) is 1. The molecule has 0 N–H and O–H groups in total. The van der Waals surface area contributed by atoms with E-state index in [1.54, 1.807) is 36.3 Å². The third-order valence-electron chi connectivity index (χ3n) is 7.22. The third-order valence-corrected chi connectivity index (χ3v) is 7.72. The number of anilines is 1. The zero-order chi connectivity index (χ0) is 30.7. The van der Waals surface area contributed by atoms with Crippen LogP contribution in [-0.2, 0) is 17.5 Å². The van der Waals surface area contributed by atoms with Crippen LogP contribution in [0.4, 0.5) is 19.1 Å². The van der Waals surface area contributed by atoms with Gasteiger partial charge in [-0.1, -0.05) is 59.6 Å². The number of alkyl halides is 3. The van der Waals surface area contributed by atoms with Gasteiger partial charge in [-0.25, -0.2) is 9.55 Å². The van der Waals surface area contributed by atoms with E-state index < -0.39 is 11.7 Å². The second-order valence-electron chi connectivity index (χ2n) is 10.3. The number of nitrogens with zero attached hydrogens (tertiary/aromatic N) is 6. The summed E-state index contributed by atoms with van der Waals surface area (Å²) >= 11 is 12.4. The van der Waals surface area contributed by atoms with Gasteiger partial charge in [-0.2, -0.15) is 18.3 Å². The SMILES string of the molecule is CN1CCN(c2nc(-c3ccc(Cl)cc3)c(-c3ccc(Cl)cc3)/c(=N/N(C)Cc3ccc(C(F)(F)F)cc3)n2C=O)CC1. The zero-order valence-electron chi connectivity index (χ0n) is 23.5. The molecule has 0 unspecified atom stereocenters. The first-order valence-corrected chi connectivity index (χ1v) is 14.3. The number of carbonyl (C=O) groups excluding carboxylic acids is 1. The molecule has 0 spiro atoms. The zero-order valence-corrected chi connectivity index (χ0v) is 25.0. The molecule has 1 aromatic heterocycles. The van der Waals surface area contributed by atoms with Gasteiger partial charge in [0.25, 0.3) is 0 Å². The minimum Gasteiger partial charge on any atom is -0.339 e. The van der Waals surface area contributed by atoms with Gasteiger partial charge in [0.15, 0.2) is 5.49 Å².